The van der Waals surface area contributed by atoms with E-state index in [9.17, 15) is 4.79 Å². The summed E-state index contributed by atoms with van der Waals surface area (Å²) < 4.78 is 6.64. The van der Waals surface area contributed by atoms with Gasteiger partial charge in [-0.3, -0.25) is 9.20 Å². The van der Waals surface area contributed by atoms with E-state index in [-0.39, 0.29) is 5.97 Å². The lowest BCUT2D eigenvalue weighted by Gasteiger charge is -2.14. The molecule has 0 N–H and O–H groups in total. The third-order valence-corrected chi connectivity index (χ3v) is 3.39. The minimum absolute atomic E-state index is 0.161. The van der Waals surface area contributed by atoms with Crippen LogP contribution in [0.15, 0.2) is 12.3 Å². The van der Waals surface area contributed by atoms with Crippen molar-refractivity contribution in [1.29, 1.82) is 0 Å². The van der Waals surface area contributed by atoms with Gasteiger partial charge in [0.15, 0.2) is 0 Å². The number of carbonyl (C=O) groups excluding carboxylic acids is 1. The van der Waals surface area contributed by atoms with E-state index in [0.717, 1.165) is 42.4 Å². The molecule has 0 spiro atoms. The second-order valence-electron chi connectivity index (χ2n) is 5.36. The topological polar surface area (TPSA) is 59.7 Å². The van der Waals surface area contributed by atoms with Gasteiger partial charge in [0, 0.05) is 30.6 Å². The lowest BCUT2D eigenvalue weighted by atomic mass is 10.3. The summed E-state index contributed by atoms with van der Waals surface area (Å²) in [6.45, 7) is 5.59. The highest BCUT2D eigenvalue weighted by atomic mass is 16.5. The van der Waals surface area contributed by atoms with Crippen LogP contribution in [0.2, 0.25) is 0 Å². The van der Waals surface area contributed by atoms with E-state index in [1.165, 1.54) is 7.11 Å². The first-order chi connectivity index (χ1) is 9.99. The van der Waals surface area contributed by atoms with Gasteiger partial charge in [0.1, 0.15) is 0 Å². The van der Waals surface area contributed by atoms with Gasteiger partial charge in [0.05, 0.1) is 12.8 Å². The monoisotopic (exact) mass is 290 g/mol. The van der Waals surface area contributed by atoms with E-state index in [2.05, 4.69) is 19.6 Å². The van der Waals surface area contributed by atoms with Crippen molar-refractivity contribution in [1.82, 2.24) is 19.3 Å². The Morgan fingerprint density at radius 3 is 2.86 bits per heavy atom. The van der Waals surface area contributed by atoms with E-state index in [1.54, 1.807) is 0 Å². The molecule has 0 aliphatic heterocycles. The number of methoxy groups -OCH3 is 1. The van der Waals surface area contributed by atoms with Crippen LogP contribution in [0.1, 0.15) is 29.9 Å². The van der Waals surface area contributed by atoms with Crippen molar-refractivity contribution in [2.45, 2.75) is 33.2 Å². The average molecular weight is 290 g/mol. The lowest BCUT2D eigenvalue weighted by molar-refractivity contribution is -0.140. The molecule has 0 amide bonds. The molecule has 114 valence electrons. The fourth-order valence-corrected chi connectivity index (χ4v) is 2.35. The van der Waals surface area contributed by atoms with Crippen LogP contribution in [0.25, 0.3) is 5.78 Å². The van der Waals surface area contributed by atoms with E-state index >= 15 is 0 Å². The summed E-state index contributed by atoms with van der Waals surface area (Å²) in [6, 6.07) is 2.04. The molecule has 21 heavy (non-hydrogen) atoms. The summed E-state index contributed by atoms with van der Waals surface area (Å²) in [5.74, 6) is 0.580. The van der Waals surface area contributed by atoms with Crippen LogP contribution < -0.4 is 0 Å². The zero-order chi connectivity index (χ0) is 15.4. The fraction of sp³-hybridized carbons (Fsp3) is 0.533. The number of ether oxygens (including phenoxy) is 1. The lowest BCUT2D eigenvalue weighted by Crippen LogP contribution is -2.20. The van der Waals surface area contributed by atoms with Crippen LogP contribution in [0, 0.1) is 13.8 Å². The third-order valence-electron chi connectivity index (χ3n) is 3.39. The van der Waals surface area contributed by atoms with Gasteiger partial charge in [-0.05, 0) is 39.9 Å². The molecule has 0 bridgehead atoms. The zero-order valence-corrected chi connectivity index (χ0v) is 13.1. The van der Waals surface area contributed by atoms with Crippen molar-refractivity contribution in [3.63, 3.8) is 0 Å². The van der Waals surface area contributed by atoms with Gasteiger partial charge in [-0.25, -0.2) is 9.97 Å². The molecule has 2 rings (SSSR count). The number of hydrogen-bond acceptors (Lipinski definition) is 5. The zero-order valence-electron chi connectivity index (χ0n) is 13.1. The van der Waals surface area contributed by atoms with E-state index in [0.29, 0.717) is 6.42 Å². The SMILES string of the molecule is COC(=O)CCCN(C)Cc1cn2c(C)cc(C)nc2n1. The molecule has 0 aromatic carbocycles. The van der Waals surface area contributed by atoms with Crippen LogP contribution in [0.5, 0.6) is 0 Å². The normalized spacial score (nSPS) is 11.3. The number of carbonyl (C=O) groups is 1. The van der Waals surface area contributed by atoms with E-state index in [4.69, 9.17) is 0 Å². The Balaban J connectivity index is 1.96. The largest absolute Gasteiger partial charge is 0.469 e. The van der Waals surface area contributed by atoms with Gasteiger partial charge in [0.25, 0.3) is 0 Å². The summed E-state index contributed by atoms with van der Waals surface area (Å²) >= 11 is 0. The van der Waals surface area contributed by atoms with Gasteiger partial charge in [-0.2, -0.15) is 0 Å². The summed E-state index contributed by atoms with van der Waals surface area (Å²) in [5.41, 5.74) is 3.09. The Bertz CT molecular complexity index is 636. The summed E-state index contributed by atoms with van der Waals surface area (Å²) in [7, 11) is 3.44. The molecule has 0 unspecified atom stereocenters. The number of esters is 1. The van der Waals surface area contributed by atoms with E-state index < -0.39 is 0 Å². The van der Waals surface area contributed by atoms with Gasteiger partial charge in [-0.1, -0.05) is 0 Å². The van der Waals surface area contributed by atoms with Crippen LogP contribution in [0.3, 0.4) is 0 Å². The Morgan fingerprint density at radius 1 is 1.38 bits per heavy atom. The minimum Gasteiger partial charge on any atom is -0.469 e. The molecule has 0 atom stereocenters. The van der Waals surface area contributed by atoms with E-state index in [1.807, 2.05) is 37.6 Å². The fourth-order valence-electron chi connectivity index (χ4n) is 2.35. The predicted octanol–water partition coefficient (Wildman–Crippen LogP) is 1.73. The van der Waals surface area contributed by atoms with Crippen LogP contribution in [0.4, 0.5) is 0 Å². The minimum atomic E-state index is -0.161. The molecule has 0 aliphatic carbocycles. The van der Waals surface area contributed by atoms with Gasteiger partial charge < -0.3 is 9.64 Å². The number of rotatable bonds is 6. The summed E-state index contributed by atoms with van der Waals surface area (Å²) in [6.07, 6.45) is 3.26. The Hall–Kier alpha value is -1.95. The van der Waals surface area contributed by atoms with Crippen molar-refractivity contribution >= 4 is 11.7 Å². The summed E-state index contributed by atoms with van der Waals surface area (Å²) in [5, 5.41) is 0. The van der Waals surface area contributed by atoms with Crippen LogP contribution in [-0.2, 0) is 16.1 Å². The van der Waals surface area contributed by atoms with Crippen molar-refractivity contribution in [3.05, 3.63) is 29.3 Å². The number of imidazole rings is 1. The first kappa shape index (κ1) is 15.4. The van der Waals surface area contributed by atoms with Gasteiger partial charge in [-0.15, -0.1) is 0 Å². The molecule has 2 aromatic heterocycles. The maximum atomic E-state index is 11.1. The maximum Gasteiger partial charge on any atom is 0.305 e. The molecule has 6 nitrogen and oxygen atoms in total. The maximum absolute atomic E-state index is 11.1. The first-order valence-corrected chi connectivity index (χ1v) is 7.07. The second kappa shape index (κ2) is 6.67. The van der Waals surface area contributed by atoms with Gasteiger partial charge >= 0.3 is 5.97 Å². The van der Waals surface area contributed by atoms with Crippen molar-refractivity contribution < 1.29 is 9.53 Å². The summed E-state index contributed by atoms with van der Waals surface area (Å²) in [4.78, 5) is 22.2. The number of fused-ring (bicyclic) bond motifs is 1. The number of aryl methyl sites for hydroxylation is 2. The Kier molecular flexibility index (Phi) is 4.90. The molecule has 0 saturated heterocycles. The molecule has 0 radical (unpaired) electrons. The highest BCUT2D eigenvalue weighted by Crippen LogP contribution is 2.10. The van der Waals surface area contributed by atoms with Crippen LogP contribution in [-0.4, -0.2) is 45.9 Å². The third kappa shape index (κ3) is 4.01. The first-order valence-electron chi connectivity index (χ1n) is 7.07. The second-order valence-corrected chi connectivity index (χ2v) is 5.36. The highest BCUT2D eigenvalue weighted by Gasteiger charge is 2.09. The quantitative estimate of drug-likeness (QED) is 0.758. The van der Waals surface area contributed by atoms with Crippen molar-refractivity contribution in [3.8, 4) is 0 Å². The van der Waals surface area contributed by atoms with Crippen molar-refractivity contribution in [2.75, 3.05) is 20.7 Å². The molecule has 2 aromatic rings. The highest BCUT2D eigenvalue weighted by molar-refractivity contribution is 5.69. The molecular formula is C15H22N4O2. The molecule has 0 saturated carbocycles. The predicted molar refractivity (Wildman–Crippen MR) is 80.0 cm³/mol. The Labute approximate surface area is 124 Å². The molecule has 2 heterocycles. The molecular weight excluding hydrogens is 268 g/mol. The van der Waals surface area contributed by atoms with Gasteiger partial charge in [0.2, 0.25) is 5.78 Å². The standard InChI is InChI=1S/C15H22N4O2/c1-11-8-12(2)19-10-13(17-15(19)16-11)9-18(3)7-5-6-14(20)21-4/h8,10H,5-7,9H2,1-4H3. The Morgan fingerprint density at radius 2 is 2.14 bits per heavy atom. The molecule has 6 heteroatoms. The smallest absolute Gasteiger partial charge is 0.305 e. The number of nitrogens with zero attached hydrogens (tertiary/aromatic N) is 4. The molecule has 0 fully saturated rings. The number of aromatic nitrogens is 3. The average Bonchev–Trinajstić information content (AvgIpc) is 2.81. The molecule has 0 aliphatic rings. The number of hydrogen-bond donors (Lipinski definition) is 0. The van der Waals surface area contributed by atoms with Crippen molar-refractivity contribution in [2.24, 2.45) is 0 Å². The van der Waals surface area contributed by atoms with Crippen LogP contribution >= 0.6 is 0 Å².